The molecule has 0 unspecified atom stereocenters. The summed E-state index contributed by atoms with van der Waals surface area (Å²) in [6.07, 6.45) is 0. The van der Waals surface area contributed by atoms with Gasteiger partial charge in [-0.25, -0.2) is 0 Å². The molecule has 0 amide bonds. The Morgan fingerprint density at radius 1 is 0.857 bits per heavy atom. The molecule has 2 fully saturated rings. The molecule has 0 spiro atoms. The Bertz CT molecular complexity index is 723. The van der Waals surface area contributed by atoms with Crippen molar-refractivity contribution in [3.63, 3.8) is 0 Å². The van der Waals surface area contributed by atoms with E-state index < -0.39 is 0 Å². The first-order valence-corrected chi connectivity index (χ1v) is 10.4. The fourth-order valence-electron chi connectivity index (χ4n) is 3.90. The van der Waals surface area contributed by atoms with Crippen LogP contribution in [0.5, 0.6) is 5.75 Å². The van der Waals surface area contributed by atoms with Crippen molar-refractivity contribution < 1.29 is 9.47 Å². The molecule has 2 aliphatic rings. The number of morpholine rings is 1. The molecule has 2 aromatic carbocycles. The summed E-state index contributed by atoms with van der Waals surface area (Å²) in [5, 5.41) is 3.43. The van der Waals surface area contributed by atoms with Crippen molar-refractivity contribution in [3.05, 3.63) is 54.1 Å². The summed E-state index contributed by atoms with van der Waals surface area (Å²) >= 11 is 0. The smallest absolute Gasteiger partial charge is 0.119 e. The highest BCUT2D eigenvalue weighted by molar-refractivity contribution is 5.68. The molecule has 4 rings (SSSR count). The van der Waals surface area contributed by atoms with E-state index in [4.69, 9.17) is 9.47 Å². The van der Waals surface area contributed by atoms with Crippen LogP contribution >= 0.6 is 0 Å². The zero-order valence-electron chi connectivity index (χ0n) is 16.6. The van der Waals surface area contributed by atoms with Gasteiger partial charge in [0.2, 0.25) is 0 Å². The van der Waals surface area contributed by atoms with E-state index in [0.717, 1.165) is 77.9 Å². The Labute approximate surface area is 168 Å². The van der Waals surface area contributed by atoms with E-state index in [9.17, 15) is 0 Å². The maximum Gasteiger partial charge on any atom is 0.119 e. The molecule has 28 heavy (non-hydrogen) atoms. The Hall–Kier alpha value is -1.92. The second-order valence-corrected chi connectivity index (χ2v) is 7.51. The number of nitrogens with zero attached hydrogens (tertiary/aromatic N) is 2. The molecule has 2 heterocycles. The highest BCUT2D eigenvalue weighted by atomic mass is 16.5. The molecule has 0 radical (unpaired) electrons. The SMILES string of the molecule is c1ccc(-c2ccc(OCCN3CCOCC3)cc2)c(CN2CCNCC2)c1. The lowest BCUT2D eigenvalue weighted by Gasteiger charge is -2.28. The second-order valence-electron chi connectivity index (χ2n) is 7.51. The quantitative estimate of drug-likeness (QED) is 0.797. The summed E-state index contributed by atoms with van der Waals surface area (Å²) in [6, 6.07) is 17.3. The first-order chi connectivity index (χ1) is 13.9. The van der Waals surface area contributed by atoms with E-state index in [1.165, 1.54) is 16.7 Å². The van der Waals surface area contributed by atoms with Crippen LogP contribution in [-0.2, 0) is 11.3 Å². The summed E-state index contributed by atoms with van der Waals surface area (Å²) < 4.78 is 11.3. The van der Waals surface area contributed by atoms with Crippen LogP contribution < -0.4 is 10.1 Å². The van der Waals surface area contributed by atoms with Crippen LogP contribution in [0.15, 0.2) is 48.5 Å². The first kappa shape index (κ1) is 19.4. The Morgan fingerprint density at radius 2 is 1.61 bits per heavy atom. The monoisotopic (exact) mass is 381 g/mol. The molecular weight excluding hydrogens is 350 g/mol. The molecule has 5 nitrogen and oxygen atoms in total. The minimum absolute atomic E-state index is 0.721. The molecule has 2 aliphatic heterocycles. The van der Waals surface area contributed by atoms with Gasteiger partial charge in [0.15, 0.2) is 0 Å². The Morgan fingerprint density at radius 3 is 2.39 bits per heavy atom. The largest absolute Gasteiger partial charge is 0.492 e. The topological polar surface area (TPSA) is 37.0 Å². The number of ether oxygens (including phenoxy) is 2. The van der Waals surface area contributed by atoms with Crippen LogP contribution in [0.3, 0.4) is 0 Å². The molecule has 0 bridgehead atoms. The van der Waals surface area contributed by atoms with Gasteiger partial charge in [-0.15, -0.1) is 0 Å². The molecule has 0 aromatic heterocycles. The summed E-state index contributed by atoms with van der Waals surface area (Å²) in [6.45, 7) is 10.8. The average Bonchev–Trinajstić information content (AvgIpc) is 2.76. The zero-order chi connectivity index (χ0) is 19.0. The second kappa shape index (κ2) is 10.0. The van der Waals surface area contributed by atoms with Gasteiger partial charge in [0.05, 0.1) is 13.2 Å². The molecule has 0 atom stereocenters. The number of rotatable bonds is 7. The van der Waals surface area contributed by atoms with Crippen LogP contribution in [-0.4, -0.2) is 75.4 Å². The van der Waals surface area contributed by atoms with Gasteiger partial charge in [-0.2, -0.15) is 0 Å². The summed E-state index contributed by atoms with van der Waals surface area (Å²) in [4.78, 5) is 4.92. The van der Waals surface area contributed by atoms with E-state index in [-0.39, 0.29) is 0 Å². The molecular formula is C23H31N3O2. The van der Waals surface area contributed by atoms with E-state index in [2.05, 4.69) is 63.6 Å². The van der Waals surface area contributed by atoms with Gasteiger partial charge in [-0.05, 0) is 28.8 Å². The number of piperazine rings is 1. The molecule has 2 aromatic rings. The van der Waals surface area contributed by atoms with Crippen molar-refractivity contribution in [2.45, 2.75) is 6.54 Å². The number of benzene rings is 2. The van der Waals surface area contributed by atoms with Crippen LogP contribution in [0.2, 0.25) is 0 Å². The van der Waals surface area contributed by atoms with Crippen LogP contribution in [0.4, 0.5) is 0 Å². The van der Waals surface area contributed by atoms with Crippen molar-refractivity contribution in [2.24, 2.45) is 0 Å². The lowest BCUT2D eigenvalue weighted by Crippen LogP contribution is -2.42. The average molecular weight is 382 g/mol. The van der Waals surface area contributed by atoms with Gasteiger partial charge in [0.25, 0.3) is 0 Å². The van der Waals surface area contributed by atoms with Crippen molar-refractivity contribution in [3.8, 4) is 16.9 Å². The Balaban J connectivity index is 1.35. The van der Waals surface area contributed by atoms with Gasteiger partial charge in [0, 0.05) is 52.4 Å². The third kappa shape index (κ3) is 5.32. The lowest BCUT2D eigenvalue weighted by molar-refractivity contribution is 0.0322. The number of nitrogens with one attached hydrogen (secondary N) is 1. The maximum atomic E-state index is 5.95. The third-order valence-electron chi connectivity index (χ3n) is 5.57. The van der Waals surface area contributed by atoms with Crippen LogP contribution in [0.25, 0.3) is 11.1 Å². The predicted octanol–water partition coefficient (Wildman–Crippen LogP) is 2.47. The first-order valence-electron chi connectivity index (χ1n) is 10.4. The minimum Gasteiger partial charge on any atom is -0.492 e. The van der Waals surface area contributed by atoms with Crippen LogP contribution in [0.1, 0.15) is 5.56 Å². The zero-order valence-corrected chi connectivity index (χ0v) is 16.6. The van der Waals surface area contributed by atoms with E-state index in [1.54, 1.807) is 0 Å². The maximum absolute atomic E-state index is 5.95. The minimum atomic E-state index is 0.721. The highest BCUT2D eigenvalue weighted by Crippen LogP contribution is 2.27. The summed E-state index contributed by atoms with van der Waals surface area (Å²) in [5.41, 5.74) is 3.97. The van der Waals surface area contributed by atoms with E-state index >= 15 is 0 Å². The van der Waals surface area contributed by atoms with Crippen LogP contribution in [0, 0.1) is 0 Å². The van der Waals surface area contributed by atoms with Crippen molar-refractivity contribution in [1.82, 2.24) is 15.1 Å². The van der Waals surface area contributed by atoms with Crippen molar-refractivity contribution in [2.75, 3.05) is 65.6 Å². The lowest BCUT2D eigenvalue weighted by atomic mass is 9.99. The molecule has 0 aliphatic carbocycles. The van der Waals surface area contributed by atoms with E-state index in [1.807, 2.05) is 0 Å². The number of hydrogen-bond acceptors (Lipinski definition) is 5. The van der Waals surface area contributed by atoms with Gasteiger partial charge >= 0.3 is 0 Å². The molecule has 5 heteroatoms. The van der Waals surface area contributed by atoms with Crippen molar-refractivity contribution in [1.29, 1.82) is 0 Å². The fourth-order valence-corrected chi connectivity index (χ4v) is 3.90. The third-order valence-corrected chi connectivity index (χ3v) is 5.57. The molecule has 1 N–H and O–H groups in total. The van der Waals surface area contributed by atoms with Gasteiger partial charge in [-0.3, -0.25) is 9.80 Å². The van der Waals surface area contributed by atoms with Gasteiger partial charge in [-0.1, -0.05) is 36.4 Å². The highest BCUT2D eigenvalue weighted by Gasteiger charge is 2.13. The normalized spacial score (nSPS) is 18.9. The Kier molecular flexibility index (Phi) is 6.95. The molecule has 150 valence electrons. The summed E-state index contributed by atoms with van der Waals surface area (Å²) in [7, 11) is 0. The number of hydrogen-bond donors (Lipinski definition) is 1. The predicted molar refractivity (Wildman–Crippen MR) is 113 cm³/mol. The summed E-state index contributed by atoms with van der Waals surface area (Å²) in [5.74, 6) is 0.941. The molecule has 2 saturated heterocycles. The standard InChI is InChI=1S/C23H31N3O2/c1-2-4-23(21(3-1)19-26-11-9-24-10-12-26)20-5-7-22(8-6-20)28-18-15-25-13-16-27-17-14-25/h1-8,24H,9-19H2. The van der Waals surface area contributed by atoms with E-state index in [0.29, 0.717) is 0 Å². The van der Waals surface area contributed by atoms with Crippen molar-refractivity contribution >= 4 is 0 Å². The fraction of sp³-hybridized carbons (Fsp3) is 0.478. The molecule has 0 saturated carbocycles. The van der Waals surface area contributed by atoms with Gasteiger partial charge in [0.1, 0.15) is 12.4 Å². The van der Waals surface area contributed by atoms with Gasteiger partial charge < -0.3 is 14.8 Å².